The summed E-state index contributed by atoms with van der Waals surface area (Å²) in [4.78, 5) is 27.2. The molecule has 0 spiro atoms. The van der Waals surface area contributed by atoms with Gasteiger partial charge < -0.3 is 30.2 Å². The van der Waals surface area contributed by atoms with Gasteiger partial charge in [-0.05, 0) is 19.3 Å². The summed E-state index contributed by atoms with van der Waals surface area (Å²) in [6.07, 6.45) is -0.218. The quantitative estimate of drug-likeness (QED) is 0.347. The van der Waals surface area contributed by atoms with E-state index in [2.05, 4.69) is 25.1 Å². The molecule has 1 saturated carbocycles. The molecule has 13 heteroatoms. The third kappa shape index (κ3) is 3.32. The zero-order valence-electron chi connectivity index (χ0n) is 14.7. The van der Waals surface area contributed by atoms with Gasteiger partial charge in [-0.25, -0.2) is 15.0 Å². The Hall–Kier alpha value is -2.61. The first-order valence-corrected chi connectivity index (χ1v) is 8.86. The molecule has 0 unspecified atom stereocenters. The largest absolute Gasteiger partial charge is 0.391 e. The summed E-state index contributed by atoms with van der Waals surface area (Å²) in [7, 11) is 0. The van der Waals surface area contributed by atoms with Crippen molar-refractivity contribution in [2.45, 2.75) is 55.9 Å². The molecule has 1 aliphatic carbocycles. The van der Waals surface area contributed by atoms with Gasteiger partial charge in [-0.15, -0.1) is 10.1 Å². The number of aliphatic hydroxyl groups excluding tert-OH is 3. The molecular weight excluding hydrogens is 376 g/mol. The van der Waals surface area contributed by atoms with Crippen LogP contribution in [0.5, 0.6) is 0 Å². The average Bonchev–Trinajstić information content (AvgIpc) is 3.34. The van der Waals surface area contributed by atoms with Crippen molar-refractivity contribution in [1.82, 2.24) is 19.5 Å². The SMILES string of the molecule is O=[N+]([O-])OC[C@H]1O[C@@H](n2cnc3c(N[C@H]4CCC[C@@H]4O)ncnc32)[C@H](O)[C@@H]1O. The highest BCUT2D eigenvalue weighted by Gasteiger charge is 2.44. The molecule has 0 radical (unpaired) electrons. The molecule has 13 nitrogen and oxygen atoms in total. The Labute approximate surface area is 158 Å². The zero-order chi connectivity index (χ0) is 19.8. The van der Waals surface area contributed by atoms with E-state index < -0.39 is 42.3 Å². The van der Waals surface area contributed by atoms with Crippen LogP contribution in [0.4, 0.5) is 5.82 Å². The second-order valence-electron chi connectivity index (χ2n) is 6.86. The Balaban J connectivity index is 1.58. The molecule has 1 saturated heterocycles. The minimum absolute atomic E-state index is 0.137. The van der Waals surface area contributed by atoms with E-state index in [1.54, 1.807) is 0 Å². The number of aromatic nitrogens is 4. The number of rotatable bonds is 6. The molecule has 0 aromatic carbocycles. The van der Waals surface area contributed by atoms with Gasteiger partial charge in [0, 0.05) is 0 Å². The maximum absolute atomic E-state index is 10.4. The van der Waals surface area contributed by atoms with Crippen molar-refractivity contribution in [3.63, 3.8) is 0 Å². The van der Waals surface area contributed by atoms with Crippen LogP contribution in [-0.2, 0) is 9.57 Å². The highest BCUT2D eigenvalue weighted by molar-refractivity contribution is 5.82. The normalized spacial score (nSPS) is 32.7. The first-order chi connectivity index (χ1) is 13.5. The van der Waals surface area contributed by atoms with E-state index >= 15 is 0 Å². The number of nitrogens with zero attached hydrogens (tertiary/aromatic N) is 5. The van der Waals surface area contributed by atoms with Gasteiger partial charge in [0.25, 0.3) is 5.09 Å². The van der Waals surface area contributed by atoms with Crippen molar-refractivity contribution in [3.05, 3.63) is 22.8 Å². The topological polar surface area (TPSA) is 178 Å². The lowest BCUT2D eigenvalue weighted by Gasteiger charge is -2.18. The molecule has 2 fully saturated rings. The van der Waals surface area contributed by atoms with E-state index in [4.69, 9.17) is 4.74 Å². The Morgan fingerprint density at radius 2 is 2.11 bits per heavy atom. The third-order valence-corrected chi connectivity index (χ3v) is 5.12. The monoisotopic (exact) mass is 396 g/mol. The number of aliphatic hydroxyl groups is 3. The van der Waals surface area contributed by atoms with Crippen LogP contribution >= 0.6 is 0 Å². The molecule has 1 aliphatic heterocycles. The highest BCUT2D eigenvalue weighted by Crippen LogP contribution is 2.33. The Kier molecular flexibility index (Phi) is 4.97. The Bertz CT molecular complexity index is 863. The van der Waals surface area contributed by atoms with Crippen LogP contribution in [0.3, 0.4) is 0 Å². The number of nitrogens with one attached hydrogen (secondary N) is 1. The van der Waals surface area contributed by atoms with E-state index in [0.29, 0.717) is 23.4 Å². The van der Waals surface area contributed by atoms with Crippen molar-refractivity contribution < 1.29 is 30.0 Å². The van der Waals surface area contributed by atoms with Crippen LogP contribution in [0.25, 0.3) is 11.2 Å². The molecule has 0 amide bonds. The molecule has 2 aromatic heterocycles. The highest BCUT2D eigenvalue weighted by atomic mass is 17.0. The summed E-state index contributed by atoms with van der Waals surface area (Å²) in [5, 5.41) is 43.0. The van der Waals surface area contributed by atoms with Crippen molar-refractivity contribution in [1.29, 1.82) is 0 Å². The molecule has 2 aromatic rings. The predicted octanol–water partition coefficient (Wildman–Crippen LogP) is -1.02. The van der Waals surface area contributed by atoms with E-state index in [9.17, 15) is 25.4 Å². The fourth-order valence-corrected chi connectivity index (χ4v) is 3.66. The van der Waals surface area contributed by atoms with E-state index in [-0.39, 0.29) is 6.04 Å². The number of hydrogen-bond donors (Lipinski definition) is 4. The van der Waals surface area contributed by atoms with Crippen molar-refractivity contribution in [2.75, 3.05) is 11.9 Å². The predicted molar refractivity (Wildman–Crippen MR) is 91.5 cm³/mol. The summed E-state index contributed by atoms with van der Waals surface area (Å²) in [6.45, 7) is -0.518. The van der Waals surface area contributed by atoms with E-state index in [1.165, 1.54) is 17.2 Å². The van der Waals surface area contributed by atoms with Crippen molar-refractivity contribution >= 4 is 17.0 Å². The van der Waals surface area contributed by atoms with Gasteiger partial charge in [0.1, 0.15) is 31.2 Å². The standard InChI is InChI=1S/C15H20N6O7/c22-8-3-1-2-7(8)19-13-10-14(17-5-16-13)20(6-18-10)15-12(24)11(23)9(28-15)4-27-21(25)26/h5-9,11-12,15,22-24H,1-4H2,(H,16,17,19)/t7-,8-,9+,11+,12+,15+/m0/s1. The van der Waals surface area contributed by atoms with Crippen molar-refractivity contribution in [3.8, 4) is 0 Å². The maximum Gasteiger partial charge on any atom is 0.294 e. The van der Waals surface area contributed by atoms with E-state index in [0.717, 1.165) is 12.8 Å². The van der Waals surface area contributed by atoms with Gasteiger partial charge in [-0.1, -0.05) is 0 Å². The molecule has 28 heavy (non-hydrogen) atoms. The average molecular weight is 396 g/mol. The fourth-order valence-electron chi connectivity index (χ4n) is 3.66. The Morgan fingerprint density at radius 3 is 2.82 bits per heavy atom. The van der Waals surface area contributed by atoms with Crippen LogP contribution in [-0.4, -0.2) is 77.0 Å². The molecule has 2 aliphatic rings. The lowest BCUT2D eigenvalue weighted by atomic mass is 10.1. The van der Waals surface area contributed by atoms with Crippen LogP contribution in [0.15, 0.2) is 12.7 Å². The summed E-state index contributed by atoms with van der Waals surface area (Å²) >= 11 is 0. The van der Waals surface area contributed by atoms with Gasteiger partial charge in [0.2, 0.25) is 0 Å². The number of hydrogen-bond acceptors (Lipinski definition) is 11. The first kappa shape index (κ1) is 18.7. The molecule has 0 bridgehead atoms. The first-order valence-electron chi connectivity index (χ1n) is 8.86. The fraction of sp³-hybridized carbons (Fsp3) is 0.667. The number of ether oxygens (including phenoxy) is 1. The van der Waals surface area contributed by atoms with Crippen LogP contribution in [0, 0.1) is 10.1 Å². The number of imidazole rings is 1. The zero-order valence-corrected chi connectivity index (χ0v) is 14.7. The van der Waals surface area contributed by atoms with Crippen LogP contribution < -0.4 is 5.32 Å². The molecule has 4 N–H and O–H groups in total. The van der Waals surface area contributed by atoms with Crippen molar-refractivity contribution in [2.24, 2.45) is 0 Å². The minimum atomic E-state index is -1.38. The molecule has 152 valence electrons. The summed E-state index contributed by atoms with van der Waals surface area (Å²) in [6, 6.07) is -0.137. The summed E-state index contributed by atoms with van der Waals surface area (Å²) < 4.78 is 6.98. The molecular formula is C15H20N6O7. The van der Waals surface area contributed by atoms with Gasteiger partial charge in [-0.3, -0.25) is 4.57 Å². The third-order valence-electron chi connectivity index (χ3n) is 5.12. The van der Waals surface area contributed by atoms with Gasteiger partial charge in [-0.2, -0.15) is 0 Å². The molecule has 6 atom stereocenters. The number of fused-ring (bicyclic) bond motifs is 1. The number of anilines is 1. The summed E-state index contributed by atoms with van der Waals surface area (Å²) in [5.74, 6) is 0.441. The lowest BCUT2D eigenvalue weighted by molar-refractivity contribution is -0.759. The second-order valence-corrected chi connectivity index (χ2v) is 6.86. The van der Waals surface area contributed by atoms with Crippen LogP contribution in [0.2, 0.25) is 0 Å². The van der Waals surface area contributed by atoms with Gasteiger partial charge in [0.05, 0.1) is 18.5 Å². The van der Waals surface area contributed by atoms with E-state index in [1.807, 2.05) is 0 Å². The van der Waals surface area contributed by atoms with Gasteiger partial charge >= 0.3 is 0 Å². The maximum atomic E-state index is 10.4. The van der Waals surface area contributed by atoms with Gasteiger partial charge in [0.15, 0.2) is 23.2 Å². The summed E-state index contributed by atoms with van der Waals surface area (Å²) in [5.41, 5.74) is 0.758. The van der Waals surface area contributed by atoms with Crippen LogP contribution in [0.1, 0.15) is 25.5 Å². The second kappa shape index (κ2) is 7.43. The smallest absolute Gasteiger partial charge is 0.294 e. The molecule has 3 heterocycles. The Morgan fingerprint density at radius 1 is 1.29 bits per heavy atom. The molecule has 4 rings (SSSR count). The lowest BCUT2D eigenvalue weighted by Crippen LogP contribution is -2.34. The minimum Gasteiger partial charge on any atom is -0.391 e.